The molecule has 1 fully saturated rings. The molecule has 128 valence electrons. The third-order valence-corrected chi connectivity index (χ3v) is 5.10. The van der Waals surface area contributed by atoms with Gasteiger partial charge in [0.05, 0.1) is 23.9 Å². The minimum absolute atomic E-state index is 0.124. The van der Waals surface area contributed by atoms with Gasteiger partial charge in [-0.05, 0) is 75.9 Å². The van der Waals surface area contributed by atoms with Crippen LogP contribution in [0.4, 0.5) is 4.39 Å². The average molecular weight is 340 g/mol. The SMILES string of the molecule is CC(C)OCCC(=C(F)B1OC(C)(C)C(C)(C)O1)c1ccsc1. The highest BCUT2D eigenvalue weighted by Gasteiger charge is 2.53. The Morgan fingerprint density at radius 3 is 2.35 bits per heavy atom. The fraction of sp³-hybridized carbons (Fsp3) is 0.647. The minimum atomic E-state index is -0.964. The Balaban J connectivity index is 2.24. The van der Waals surface area contributed by atoms with Gasteiger partial charge in [-0.3, -0.25) is 0 Å². The topological polar surface area (TPSA) is 27.7 Å². The molecule has 1 aliphatic heterocycles. The molecule has 0 bridgehead atoms. The van der Waals surface area contributed by atoms with E-state index in [0.717, 1.165) is 5.56 Å². The van der Waals surface area contributed by atoms with Crippen molar-refractivity contribution in [3.05, 3.63) is 28.1 Å². The maximum atomic E-state index is 15.1. The van der Waals surface area contributed by atoms with Gasteiger partial charge in [0.2, 0.25) is 0 Å². The van der Waals surface area contributed by atoms with Gasteiger partial charge < -0.3 is 14.0 Å². The molecule has 0 atom stereocenters. The molecule has 0 radical (unpaired) electrons. The van der Waals surface area contributed by atoms with Gasteiger partial charge >= 0.3 is 7.12 Å². The van der Waals surface area contributed by atoms with Crippen molar-refractivity contribution in [1.29, 1.82) is 0 Å². The zero-order valence-corrected chi connectivity index (χ0v) is 15.6. The smallest absolute Gasteiger partial charge is 0.398 e. The zero-order valence-electron chi connectivity index (χ0n) is 14.8. The van der Waals surface area contributed by atoms with E-state index in [2.05, 4.69) is 0 Å². The number of hydrogen-bond acceptors (Lipinski definition) is 4. The van der Waals surface area contributed by atoms with Crippen LogP contribution in [0.1, 0.15) is 53.5 Å². The van der Waals surface area contributed by atoms with Crippen molar-refractivity contribution in [1.82, 2.24) is 0 Å². The van der Waals surface area contributed by atoms with Crippen molar-refractivity contribution < 1.29 is 18.4 Å². The van der Waals surface area contributed by atoms with E-state index in [1.807, 2.05) is 58.4 Å². The van der Waals surface area contributed by atoms with Crippen molar-refractivity contribution in [2.24, 2.45) is 0 Å². The van der Waals surface area contributed by atoms with Gasteiger partial charge in [-0.1, -0.05) is 0 Å². The lowest BCUT2D eigenvalue weighted by atomic mass is 9.82. The Morgan fingerprint density at radius 1 is 1.26 bits per heavy atom. The van der Waals surface area contributed by atoms with Crippen molar-refractivity contribution >= 4 is 24.0 Å². The van der Waals surface area contributed by atoms with Gasteiger partial charge in [0.25, 0.3) is 0 Å². The molecule has 2 rings (SSSR count). The van der Waals surface area contributed by atoms with Crippen LogP contribution in [0.25, 0.3) is 5.57 Å². The van der Waals surface area contributed by atoms with Crippen LogP contribution in [-0.4, -0.2) is 31.0 Å². The van der Waals surface area contributed by atoms with Gasteiger partial charge in [-0.15, -0.1) is 0 Å². The molecule has 1 aliphatic rings. The second-order valence-electron chi connectivity index (χ2n) is 7.10. The van der Waals surface area contributed by atoms with E-state index < -0.39 is 18.3 Å². The highest BCUT2D eigenvalue weighted by molar-refractivity contribution is 7.08. The lowest BCUT2D eigenvalue weighted by Gasteiger charge is -2.32. The van der Waals surface area contributed by atoms with E-state index in [-0.39, 0.29) is 11.8 Å². The summed E-state index contributed by atoms with van der Waals surface area (Å²) >= 11 is 1.54. The minimum Gasteiger partial charge on any atom is -0.398 e. The standard InChI is InChI=1S/C17H26BFO3S/c1-12(2)20-9-7-14(13-8-10-23-11-13)15(19)18-21-16(3,4)17(5,6)22-18/h8,10-12H,7,9H2,1-6H3. The van der Waals surface area contributed by atoms with Crippen molar-refractivity contribution in [2.45, 2.75) is 65.3 Å². The average Bonchev–Trinajstić information content (AvgIpc) is 3.01. The van der Waals surface area contributed by atoms with Crippen LogP contribution in [0.5, 0.6) is 0 Å². The Labute approximate surface area is 143 Å². The fourth-order valence-corrected chi connectivity index (χ4v) is 2.99. The summed E-state index contributed by atoms with van der Waals surface area (Å²) in [6.45, 7) is 12.1. The summed E-state index contributed by atoms with van der Waals surface area (Å²) in [5.74, 6) is 0. The third kappa shape index (κ3) is 4.24. The van der Waals surface area contributed by atoms with Gasteiger partial charge in [0.1, 0.15) is 5.73 Å². The zero-order chi connectivity index (χ0) is 17.3. The maximum Gasteiger partial charge on any atom is 0.525 e. The van der Waals surface area contributed by atoms with Crippen LogP contribution in [0.3, 0.4) is 0 Å². The molecular formula is C17H26BFO3S. The highest BCUT2D eigenvalue weighted by Crippen LogP contribution is 2.40. The molecule has 0 amide bonds. The molecular weight excluding hydrogens is 314 g/mol. The Bertz CT molecular complexity index is 536. The molecule has 23 heavy (non-hydrogen) atoms. The number of hydrogen-bond donors (Lipinski definition) is 0. The molecule has 0 aromatic carbocycles. The summed E-state index contributed by atoms with van der Waals surface area (Å²) in [7, 11) is -0.964. The molecule has 6 heteroatoms. The predicted molar refractivity (Wildman–Crippen MR) is 94.1 cm³/mol. The summed E-state index contributed by atoms with van der Waals surface area (Å²) < 4.78 is 32.4. The molecule has 3 nitrogen and oxygen atoms in total. The van der Waals surface area contributed by atoms with E-state index in [0.29, 0.717) is 18.6 Å². The van der Waals surface area contributed by atoms with E-state index in [4.69, 9.17) is 14.0 Å². The highest BCUT2D eigenvalue weighted by atomic mass is 32.1. The van der Waals surface area contributed by atoms with E-state index in [1.54, 1.807) is 11.3 Å². The first-order chi connectivity index (χ1) is 10.6. The predicted octanol–water partition coefficient (Wildman–Crippen LogP) is 4.88. The normalized spacial score (nSPS) is 21.0. The first kappa shape index (κ1) is 18.7. The molecule has 1 aromatic rings. The summed E-state index contributed by atoms with van der Waals surface area (Å²) in [6, 6.07) is 1.92. The number of rotatable bonds is 6. The van der Waals surface area contributed by atoms with Gasteiger partial charge in [0.15, 0.2) is 0 Å². The van der Waals surface area contributed by atoms with Crippen molar-refractivity contribution in [3.63, 3.8) is 0 Å². The molecule has 1 saturated heterocycles. The lowest BCUT2D eigenvalue weighted by molar-refractivity contribution is 0.00578. The van der Waals surface area contributed by atoms with Crippen molar-refractivity contribution in [3.8, 4) is 0 Å². The summed E-state index contributed by atoms with van der Waals surface area (Å²) in [5.41, 5.74) is 0.0150. The monoisotopic (exact) mass is 340 g/mol. The second kappa shape index (κ2) is 7.05. The van der Waals surface area contributed by atoms with Crippen LogP contribution in [-0.2, 0) is 14.0 Å². The van der Waals surface area contributed by atoms with Crippen LogP contribution < -0.4 is 0 Å². The largest absolute Gasteiger partial charge is 0.525 e. The Kier molecular flexibility index (Phi) is 5.72. The molecule has 0 unspecified atom stereocenters. The lowest BCUT2D eigenvalue weighted by Crippen LogP contribution is -2.41. The van der Waals surface area contributed by atoms with Crippen LogP contribution in [0, 0.1) is 0 Å². The molecule has 0 spiro atoms. The second-order valence-corrected chi connectivity index (χ2v) is 7.88. The molecule has 1 aromatic heterocycles. The first-order valence-corrected chi connectivity index (χ1v) is 8.96. The van der Waals surface area contributed by atoms with Crippen LogP contribution in [0.15, 0.2) is 22.6 Å². The molecule has 2 heterocycles. The van der Waals surface area contributed by atoms with Gasteiger partial charge in [0, 0.05) is 0 Å². The van der Waals surface area contributed by atoms with E-state index in [9.17, 15) is 0 Å². The summed E-state index contributed by atoms with van der Waals surface area (Å²) in [4.78, 5) is 0. The first-order valence-electron chi connectivity index (χ1n) is 8.02. The molecule has 0 aliphatic carbocycles. The van der Waals surface area contributed by atoms with Gasteiger partial charge in [-0.25, -0.2) is 4.39 Å². The van der Waals surface area contributed by atoms with Crippen LogP contribution >= 0.6 is 11.3 Å². The fourth-order valence-electron chi connectivity index (χ4n) is 2.32. The van der Waals surface area contributed by atoms with Gasteiger partial charge in [-0.2, -0.15) is 11.3 Å². The molecule has 0 saturated carbocycles. The van der Waals surface area contributed by atoms with E-state index >= 15 is 4.39 Å². The Hall–Kier alpha value is -0.685. The summed E-state index contributed by atoms with van der Waals surface area (Å²) in [6.07, 6.45) is 0.615. The third-order valence-electron chi connectivity index (χ3n) is 4.42. The maximum absolute atomic E-state index is 15.1. The van der Waals surface area contributed by atoms with E-state index in [1.165, 1.54) is 0 Å². The number of ether oxygens (including phenoxy) is 1. The number of halogens is 1. The summed E-state index contributed by atoms with van der Waals surface area (Å²) in [5, 5.41) is 3.88. The quantitative estimate of drug-likeness (QED) is 0.691. The number of thiophene rings is 1. The molecule has 0 N–H and O–H groups in total. The Morgan fingerprint density at radius 2 is 1.87 bits per heavy atom. The van der Waals surface area contributed by atoms with Crippen molar-refractivity contribution in [2.75, 3.05) is 6.61 Å². The van der Waals surface area contributed by atoms with Crippen LogP contribution in [0.2, 0.25) is 0 Å².